The van der Waals surface area contributed by atoms with Gasteiger partial charge in [0.2, 0.25) is 0 Å². The van der Waals surface area contributed by atoms with Crippen LogP contribution in [0.15, 0.2) is 72.8 Å². The third-order valence-corrected chi connectivity index (χ3v) is 4.38. The highest BCUT2D eigenvalue weighted by Crippen LogP contribution is 2.20. The van der Waals surface area contributed by atoms with E-state index in [9.17, 15) is 14.0 Å². The third-order valence-electron chi connectivity index (χ3n) is 4.18. The van der Waals surface area contributed by atoms with Gasteiger partial charge in [-0.15, -0.1) is 0 Å². The average molecular weight is 437 g/mol. The molecule has 0 bridgehead atoms. The summed E-state index contributed by atoms with van der Waals surface area (Å²) in [5, 5.41) is 8.19. The first-order valence-electron chi connectivity index (χ1n) is 9.47. The van der Waals surface area contributed by atoms with E-state index < -0.39 is 11.7 Å². The summed E-state index contributed by atoms with van der Waals surface area (Å²) in [7, 11) is 0. The van der Waals surface area contributed by atoms with Crippen LogP contribution in [0.1, 0.15) is 27.6 Å². The quantitative estimate of drug-likeness (QED) is 0.491. The maximum Gasteiger partial charge on any atom is 0.257 e. The molecule has 0 radical (unpaired) electrons. The summed E-state index contributed by atoms with van der Waals surface area (Å²) < 4.78 is 18.4. The van der Waals surface area contributed by atoms with Crippen molar-refractivity contribution in [1.82, 2.24) is 5.32 Å². The van der Waals surface area contributed by atoms with E-state index in [1.165, 1.54) is 24.3 Å². The Bertz CT molecular complexity index is 1090. The van der Waals surface area contributed by atoms with Gasteiger partial charge in [-0.25, -0.2) is 4.39 Å². The van der Waals surface area contributed by atoms with E-state index in [-0.39, 0.29) is 16.6 Å². The van der Waals surface area contributed by atoms with Gasteiger partial charge in [-0.2, -0.15) is 0 Å². The molecule has 0 heterocycles. The summed E-state index contributed by atoms with van der Waals surface area (Å²) in [6.07, 6.45) is 0. The Kier molecular flexibility index (Phi) is 7.29. The summed E-state index contributed by atoms with van der Waals surface area (Å²) in [5.74, 6) is -0.566. The molecule has 8 heteroatoms. The first-order valence-corrected chi connectivity index (χ1v) is 9.88. The van der Waals surface area contributed by atoms with Crippen LogP contribution >= 0.6 is 12.2 Å². The second-order valence-electron chi connectivity index (χ2n) is 6.37. The molecule has 0 aromatic heterocycles. The van der Waals surface area contributed by atoms with Crippen molar-refractivity contribution < 1.29 is 18.7 Å². The first-order chi connectivity index (χ1) is 15.0. The zero-order valence-corrected chi connectivity index (χ0v) is 17.5. The molecule has 0 fully saturated rings. The van der Waals surface area contributed by atoms with Gasteiger partial charge in [-0.3, -0.25) is 14.9 Å². The Balaban J connectivity index is 1.66. The summed E-state index contributed by atoms with van der Waals surface area (Å²) in [6.45, 7) is 2.45. The van der Waals surface area contributed by atoms with Gasteiger partial charge in [-0.1, -0.05) is 12.1 Å². The highest BCUT2D eigenvalue weighted by atomic mass is 32.1. The van der Waals surface area contributed by atoms with Crippen molar-refractivity contribution >= 4 is 40.5 Å². The minimum atomic E-state index is -0.492. The van der Waals surface area contributed by atoms with E-state index in [4.69, 9.17) is 17.0 Å². The normalized spacial score (nSPS) is 10.1. The SMILES string of the molecule is CCOc1ccc(NC(=O)c2ccccc2NC(=S)NC(=O)c2ccc(F)cc2)cc1. The van der Waals surface area contributed by atoms with E-state index in [2.05, 4.69) is 16.0 Å². The van der Waals surface area contributed by atoms with Gasteiger partial charge in [0.1, 0.15) is 11.6 Å². The van der Waals surface area contributed by atoms with E-state index in [0.29, 0.717) is 29.3 Å². The number of anilines is 2. The maximum atomic E-state index is 13.0. The Morgan fingerprint density at radius 3 is 2.26 bits per heavy atom. The predicted molar refractivity (Wildman–Crippen MR) is 122 cm³/mol. The molecule has 31 heavy (non-hydrogen) atoms. The monoisotopic (exact) mass is 437 g/mol. The first kappa shape index (κ1) is 21.9. The number of para-hydroxylation sites is 1. The second kappa shape index (κ2) is 10.3. The van der Waals surface area contributed by atoms with Crippen molar-refractivity contribution in [3.05, 3.63) is 89.7 Å². The molecule has 0 aliphatic carbocycles. The summed E-state index contributed by atoms with van der Waals surface area (Å²) in [5.41, 5.74) is 1.63. The van der Waals surface area contributed by atoms with Crippen molar-refractivity contribution in [2.24, 2.45) is 0 Å². The van der Waals surface area contributed by atoms with Gasteiger partial charge < -0.3 is 15.4 Å². The van der Waals surface area contributed by atoms with E-state index in [0.717, 1.165) is 0 Å². The molecule has 0 saturated carbocycles. The highest BCUT2D eigenvalue weighted by Gasteiger charge is 2.14. The van der Waals surface area contributed by atoms with E-state index >= 15 is 0 Å². The Morgan fingerprint density at radius 2 is 1.58 bits per heavy atom. The molecule has 0 aliphatic heterocycles. The van der Waals surface area contributed by atoms with Gasteiger partial charge in [0, 0.05) is 11.3 Å². The lowest BCUT2D eigenvalue weighted by Crippen LogP contribution is -2.34. The number of benzene rings is 3. The summed E-state index contributed by atoms with van der Waals surface area (Å²) in [4.78, 5) is 25.0. The van der Waals surface area contributed by atoms with Crippen LogP contribution in [-0.4, -0.2) is 23.5 Å². The standard InChI is InChI=1S/C23H20FN3O3S/c1-2-30-18-13-11-17(12-14-18)25-22(29)19-5-3-4-6-20(19)26-23(31)27-21(28)15-7-9-16(24)10-8-15/h3-14H,2H2,1H3,(H,25,29)(H2,26,27,28,31). The largest absolute Gasteiger partial charge is 0.494 e. The van der Waals surface area contributed by atoms with Gasteiger partial charge in [-0.05, 0) is 79.8 Å². The average Bonchev–Trinajstić information content (AvgIpc) is 2.76. The minimum absolute atomic E-state index is 0.00985. The van der Waals surface area contributed by atoms with Gasteiger partial charge in [0.15, 0.2) is 5.11 Å². The highest BCUT2D eigenvalue weighted by molar-refractivity contribution is 7.80. The zero-order chi connectivity index (χ0) is 22.2. The van der Waals surface area contributed by atoms with Gasteiger partial charge >= 0.3 is 0 Å². The Labute approximate surface area is 184 Å². The second-order valence-corrected chi connectivity index (χ2v) is 6.78. The predicted octanol–water partition coefficient (Wildman–Crippen LogP) is 4.60. The van der Waals surface area contributed by atoms with Gasteiger partial charge in [0.05, 0.1) is 17.9 Å². The fraction of sp³-hybridized carbons (Fsp3) is 0.0870. The number of hydrogen-bond donors (Lipinski definition) is 3. The molecule has 0 atom stereocenters. The number of ether oxygens (including phenoxy) is 1. The molecule has 2 amide bonds. The van der Waals surface area contributed by atoms with E-state index in [1.807, 2.05) is 6.92 Å². The molecule has 3 rings (SSSR count). The lowest BCUT2D eigenvalue weighted by molar-refractivity contribution is 0.0976. The molecule has 3 aromatic rings. The number of thiocarbonyl (C=S) groups is 1. The van der Waals surface area contributed by atoms with Crippen LogP contribution in [0.5, 0.6) is 5.75 Å². The fourth-order valence-electron chi connectivity index (χ4n) is 2.72. The van der Waals surface area contributed by atoms with Crippen LogP contribution in [0.25, 0.3) is 0 Å². The van der Waals surface area contributed by atoms with Gasteiger partial charge in [0.25, 0.3) is 11.8 Å². The molecule has 0 aliphatic rings. The molecule has 0 spiro atoms. The minimum Gasteiger partial charge on any atom is -0.494 e. The lowest BCUT2D eigenvalue weighted by Gasteiger charge is -2.14. The van der Waals surface area contributed by atoms with Crippen LogP contribution in [0.3, 0.4) is 0 Å². The molecular formula is C23H20FN3O3S. The van der Waals surface area contributed by atoms with Crippen LogP contribution in [0.2, 0.25) is 0 Å². The lowest BCUT2D eigenvalue weighted by atomic mass is 10.1. The molecule has 0 unspecified atom stereocenters. The number of rotatable bonds is 6. The molecule has 158 valence electrons. The number of carbonyl (C=O) groups is 2. The van der Waals surface area contributed by atoms with Crippen LogP contribution in [0.4, 0.5) is 15.8 Å². The Hall–Kier alpha value is -3.78. The van der Waals surface area contributed by atoms with Crippen molar-refractivity contribution in [2.75, 3.05) is 17.2 Å². The number of carbonyl (C=O) groups excluding carboxylic acids is 2. The van der Waals surface area contributed by atoms with Crippen molar-refractivity contribution in [3.63, 3.8) is 0 Å². The topological polar surface area (TPSA) is 79.5 Å². The fourth-order valence-corrected chi connectivity index (χ4v) is 2.92. The number of hydrogen-bond acceptors (Lipinski definition) is 4. The molecule has 3 aromatic carbocycles. The van der Waals surface area contributed by atoms with Crippen LogP contribution < -0.4 is 20.7 Å². The van der Waals surface area contributed by atoms with Crippen molar-refractivity contribution in [2.45, 2.75) is 6.92 Å². The molecule has 0 saturated heterocycles. The molecular weight excluding hydrogens is 417 g/mol. The molecule has 3 N–H and O–H groups in total. The Morgan fingerprint density at radius 1 is 0.903 bits per heavy atom. The van der Waals surface area contributed by atoms with Crippen molar-refractivity contribution in [3.8, 4) is 5.75 Å². The van der Waals surface area contributed by atoms with E-state index in [1.54, 1.807) is 48.5 Å². The van der Waals surface area contributed by atoms with Crippen molar-refractivity contribution in [1.29, 1.82) is 0 Å². The zero-order valence-electron chi connectivity index (χ0n) is 16.6. The third kappa shape index (κ3) is 6.10. The molecule has 6 nitrogen and oxygen atoms in total. The van der Waals surface area contributed by atoms with Crippen LogP contribution in [-0.2, 0) is 0 Å². The number of amides is 2. The number of nitrogens with one attached hydrogen (secondary N) is 3. The summed E-state index contributed by atoms with van der Waals surface area (Å²) in [6, 6.07) is 18.9. The van der Waals surface area contributed by atoms with Crippen LogP contribution in [0, 0.1) is 5.82 Å². The smallest absolute Gasteiger partial charge is 0.257 e. The maximum absolute atomic E-state index is 13.0. The number of halogens is 1. The summed E-state index contributed by atoms with van der Waals surface area (Å²) >= 11 is 5.19.